The lowest BCUT2D eigenvalue weighted by atomic mass is 10.0. The van der Waals surface area contributed by atoms with Gasteiger partial charge in [-0.2, -0.15) is 0 Å². The largest absolute Gasteiger partial charge is 0.463 e. The molecular formula is C8H13NO3. The Bertz CT molecular complexity index is 206. The summed E-state index contributed by atoms with van der Waals surface area (Å²) in [4.78, 5) is 10.5. The van der Waals surface area contributed by atoms with Crippen molar-refractivity contribution >= 4 is 5.97 Å². The highest BCUT2D eigenvalue weighted by molar-refractivity contribution is 5.65. The quantitative estimate of drug-likeness (QED) is 0.465. The summed E-state index contributed by atoms with van der Waals surface area (Å²) in [5.74, 6) is 0.216. The van der Waals surface area contributed by atoms with Crippen LogP contribution < -0.4 is 5.32 Å². The first-order valence-electron chi connectivity index (χ1n) is 4.23. The van der Waals surface area contributed by atoms with Gasteiger partial charge in [0.05, 0.1) is 12.1 Å². The van der Waals surface area contributed by atoms with Crippen LogP contribution in [0.3, 0.4) is 0 Å². The van der Waals surface area contributed by atoms with Crippen LogP contribution in [0.2, 0.25) is 0 Å². The summed E-state index contributed by atoms with van der Waals surface area (Å²) in [5, 5.41) is 3.17. The standard InChI is InChI=1S/C8H13NO3/c1-4-6(3-11-5(2)10)12-8-7(4)9-8/h4,6-9H,3H2,1-2H3. The van der Waals surface area contributed by atoms with Crippen LogP contribution in [0.4, 0.5) is 0 Å². The first kappa shape index (κ1) is 8.01. The number of carbonyl (C=O) groups is 1. The van der Waals surface area contributed by atoms with E-state index in [1.807, 2.05) is 0 Å². The Morgan fingerprint density at radius 3 is 2.92 bits per heavy atom. The van der Waals surface area contributed by atoms with E-state index in [-0.39, 0.29) is 18.3 Å². The molecule has 0 aromatic rings. The van der Waals surface area contributed by atoms with Crippen molar-refractivity contribution in [2.24, 2.45) is 5.92 Å². The molecule has 4 nitrogen and oxygen atoms in total. The van der Waals surface area contributed by atoms with Gasteiger partial charge < -0.3 is 9.47 Å². The van der Waals surface area contributed by atoms with Crippen molar-refractivity contribution in [3.8, 4) is 0 Å². The number of nitrogens with one attached hydrogen (secondary N) is 1. The molecule has 2 fully saturated rings. The fraction of sp³-hybridized carbons (Fsp3) is 0.875. The highest BCUT2D eigenvalue weighted by atomic mass is 16.6. The van der Waals surface area contributed by atoms with Gasteiger partial charge in [-0.1, -0.05) is 6.92 Å². The number of rotatable bonds is 2. The van der Waals surface area contributed by atoms with Crippen LogP contribution in [0.15, 0.2) is 0 Å². The van der Waals surface area contributed by atoms with E-state index in [1.54, 1.807) is 0 Å². The molecule has 12 heavy (non-hydrogen) atoms. The Kier molecular flexibility index (Phi) is 1.81. The molecule has 0 spiro atoms. The summed E-state index contributed by atoms with van der Waals surface area (Å²) in [6.45, 7) is 3.92. The molecule has 4 atom stereocenters. The highest BCUT2D eigenvalue weighted by Gasteiger charge is 2.52. The van der Waals surface area contributed by atoms with Crippen LogP contribution in [0.1, 0.15) is 13.8 Å². The normalized spacial score (nSPS) is 43.8. The first-order chi connectivity index (χ1) is 5.68. The van der Waals surface area contributed by atoms with Gasteiger partial charge in [-0.15, -0.1) is 0 Å². The molecule has 0 aliphatic carbocycles. The van der Waals surface area contributed by atoms with Crippen molar-refractivity contribution in [3.63, 3.8) is 0 Å². The Balaban J connectivity index is 1.78. The molecule has 0 aromatic carbocycles. The molecule has 0 amide bonds. The van der Waals surface area contributed by atoms with Crippen LogP contribution in [0, 0.1) is 5.92 Å². The Labute approximate surface area is 71.2 Å². The monoisotopic (exact) mass is 171 g/mol. The molecule has 2 aliphatic rings. The van der Waals surface area contributed by atoms with E-state index in [9.17, 15) is 4.79 Å². The second kappa shape index (κ2) is 2.71. The van der Waals surface area contributed by atoms with E-state index >= 15 is 0 Å². The maximum atomic E-state index is 10.5. The van der Waals surface area contributed by atoms with Gasteiger partial charge in [-0.3, -0.25) is 10.1 Å². The van der Waals surface area contributed by atoms with Crippen LogP contribution in [-0.2, 0) is 14.3 Å². The maximum absolute atomic E-state index is 10.5. The fourth-order valence-corrected chi connectivity index (χ4v) is 1.62. The third-order valence-corrected chi connectivity index (χ3v) is 2.50. The average molecular weight is 171 g/mol. The van der Waals surface area contributed by atoms with E-state index in [2.05, 4.69) is 12.2 Å². The van der Waals surface area contributed by atoms with E-state index in [0.717, 1.165) is 0 Å². The van der Waals surface area contributed by atoms with Crippen molar-refractivity contribution in [3.05, 3.63) is 0 Å². The zero-order valence-corrected chi connectivity index (χ0v) is 7.24. The summed E-state index contributed by atoms with van der Waals surface area (Å²) in [6.07, 6.45) is 0.311. The van der Waals surface area contributed by atoms with Crippen LogP contribution in [0.5, 0.6) is 0 Å². The molecule has 1 N–H and O–H groups in total. The van der Waals surface area contributed by atoms with Crippen molar-refractivity contribution < 1.29 is 14.3 Å². The van der Waals surface area contributed by atoms with E-state index in [0.29, 0.717) is 18.6 Å². The van der Waals surface area contributed by atoms with E-state index in [4.69, 9.17) is 9.47 Å². The SMILES string of the molecule is CC(=O)OCC1OC2NC2C1C. The smallest absolute Gasteiger partial charge is 0.302 e. The number of carbonyl (C=O) groups excluding carboxylic acids is 1. The van der Waals surface area contributed by atoms with Crippen LogP contribution in [-0.4, -0.2) is 30.9 Å². The molecular weight excluding hydrogens is 158 g/mol. The van der Waals surface area contributed by atoms with E-state index in [1.165, 1.54) is 6.92 Å². The van der Waals surface area contributed by atoms with Gasteiger partial charge in [-0.25, -0.2) is 0 Å². The van der Waals surface area contributed by atoms with Gasteiger partial charge in [0.2, 0.25) is 0 Å². The molecule has 4 unspecified atom stereocenters. The predicted octanol–water partition coefficient (Wildman–Crippen LogP) is -0.118. The zero-order chi connectivity index (χ0) is 8.72. The minimum atomic E-state index is -0.237. The van der Waals surface area contributed by atoms with Crippen molar-refractivity contribution in [2.75, 3.05) is 6.61 Å². The summed E-state index contributed by atoms with van der Waals surface area (Å²) in [7, 11) is 0. The molecule has 2 saturated heterocycles. The summed E-state index contributed by atoms with van der Waals surface area (Å²) in [6, 6.07) is 0.491. The molecule has 2 rings (SSSR count). The van der Waals surface area contributed by atoms with Crippen LogP contribution in [0.25, 0.3) is 0 Å². The average Bonchev–Trinajstić information content (AvgIpc) is 2.70. The van der Waals surface area contributed by atoms with Gasteiger partial charge in [-0.05, 0) is 0 Å². The second-order valence-electron chi connectivity index (χ2n) is 3.45. The van der Waals surface area contributed by atoms with Gasteiger partial charge in [0, 0.05) is 12.8 Å². The van der Waals surface area contributed by atoms with Crippen molar-refractivity contribution in [1.82, 2.24) is 5.32 Å². The van der Waals surface area contributed by atoms with Gasteiger partial charge in [0.15, 0.2) is 0 Å². The molecule has 0 saturated carbocycles. The number of esters is 1. The molecule has 68 valence electrons. The Morgan fingerprint density at radius 2 is 2.42 bits per heavy atom. The molecule has 0 aromatic heterocycles. The lowest BCUT2D eigenvalue weighted by molar-refractivity contribution is -0.145. The number of ether oxygens (including phenoxy) is 2. The summed E-state index contributed by atoms with van der Waals surface area (Å²) >= 11 is 0. The zero-order valence-electron chi connectivity index (χ0n) is 7.24. The Morgan fingerprint density at radius 1 is 1.67 bits per heavy atom. The molecule has 2 heterocycles. The third-order valence-electron chi connectivity index (χ3n) is 2.50. The lowest BCUT2D eigenvalue weighted by Crippen LogP contribution is -2.28. The number of fused-ring (bicyclic) bond motifs is 1. The lowest BCUT2D eigenvalue weighted by Gasteiger charge is -2.16. The van der Waals surface area contributed by atoms with Gasteiger partial charge in [0.25, 0.3) is 0 Å². The highest BCUT2D eigenvalue weighted by Crippen LogP contribution is 2.34. The number of hydrogen-bond donors (Lipinski definition) is 1. The van der Waals surface area contributed by atoms with Crippen molar-refractivity contribution in [2.45, 2.75) is 32.2 Å². The fourth-order valence-electron chi connectivity index (χ4n) is 1.62. The third kappa shape index (κ3) is 1.32. The summed E-state index contributed by atoms with van der Waals surface area (Å²) in [5.41, 5.74) is 0. The van der Waals surface area contributed by atoms with Gasteiger partial charge in [0.1, 0.15) is 12.8 Å². The van der Waals surface area contributed by atoms with Gasteiger partial charge >= 0.3 is 5.97 Å². The van der Waals surface area contributed by atoms with E-state index < -0.39 is 0 Å². The van der Waals surface area contributed by atoms with Crippen LogP contribution >= 0.6 is 0 Å². The van der Waals surface area contributed by atoms with Crippen molar-refractivity contribution in [1.29, 1.82) is 0 Å². The predicted molar refractivity (Wildman–Crippen MR) is 41.4 cm³/mol. The molecule has 0 radical (unpaired) electrons. The first-order valence-corrected chi connectivity index (χ1v) is 4.23. The topological polar surface area (TPSA) is 57.5 Å². The molecule has 4 heteroatoms. The maximum Gasteiger partial charge on any atom is 0.302 e. The molecule has 0 bridgehead atoms. The number of hydrogen-bond acceptors (Lipinski definition) is 4. The second-order valence-corrected chi connectivity index (χ2v) is 3.45. The Hall–Kier alpha value is -0.610. The molecule has 2 aliphatic heterocycles. The minimum absolute atomic E-state index is 0.0881. The minimum Gasteiger partial charge on any atom is -0.463 e. The summed E-state index contributed by atoms with van der Waals surface area (Å²) < 4.78 is 10.4.